The summed E-state index contributed by atoms with van der Waals surface area (Å²) < 4.78 is 24.9. The Bertz CT molecular complexity index is 694. The van der Waals surface area contributed by atoms with Gasteiger partial charge in [-0.1, -0.05) is 44.5 Å². The van der Waals surface area contributed by atoms with Crippen LogP contribution in [0, 0.1) is 0 Å². The minimum Gasteiger partial charge on any atom is -0.219 e. The topological polar surface area (TPSA) is 34.1 Å². The molecule has 0 aromatic heterocycles. The molecule has 0 fully saturated rings. The maximum absolute atomic E-state index is 12.5. The third kappa shape index (κ3) is 3.05. The zero-order valence-corrected chi connectivity index (χ0v) is 13.3. The van der Waals surface area contributed by atoms with E-state index in [9.17, 15) is 8.42 Å². The first-order valence-corrected chi connectivity index (χ1v) is 8.18. The lowest BCUT2D eigenvalue weighted by Crippen LogP contribution is -2.11. The van der Waals surface area contributed by atoms with Crippen molar-refractivity contribution in [2.75, 3.05) is 0 Å². The highest BCUT2D eigenvalue weighted by molar-refractivity contribution is 7.91. The minimum absolute atomic E-state index is 0.00254. The van der Waals surface area contributed by atoms with Gasteiger partial charge in [-0.25, -0.2) is 8.42 Å². The molecule has 0 atom stereocenters. The van der Waals surface area contributed by atoms with Gasteiger partial charge in [-0.3, -0.25) is 0 Å². The number of hydrogen-bond donors (Lipinski definition) is 0. The summed E-state index contributed by atoms with van der Waals surface area (Å²) in [6.45, 7) is 6.28. The van der Waals surface area contributed by atoms with Crippen molar-refractivity contribution in [1.29, 1.82) is 0 Å². The van der Waals surface area contributed by atoms with Gasteiger partial charge in [-0.15, -0.1) is 0 Å². The van der Waals surface area contributed by atoms with Crippen molar-refractivity contribution >= 4 is 21.4 Å². The van der Waals surface area contributed by atoms with Gasteiger partial charge >= 0.3 is 0 Å². The van der Waals surface area contributed by atoms with E-state index in [-0.39, 0.29) is 10.3 Å². The molecule has 0 aliphatic rings. The Morgan fingerprint density at radius 1 is 0.800 bits per heavy atom. The van der Waals surface area contributed by atoms with Crippen LogP contribution in [0.4, 0.5) is 0 Å². The number of halogens is 1. The van der Waals surface area contributed by atoms with Gasteiger partial charge in [0.25, 0.3) is 0 Å². The molecule has 0 aliphatic heterocycles. The molecule has 2 rings (SSSR count). The van der Waals surface area contributed by atoms with E-state index in [1.165, 1.54) is 12.1 Å². The summed E-state index contributed by atoms with van der Waals surface area (Å²) in [6, 6.07) is 13.3. The monoisotopic (exact) mass is 308 g/mol. The lowest BCUT2D eigenvalue weighted by Gasteiger charge is -2.19. The fourth-order valence-corrected chi connectivity index (χ4v) is 3.27. The maximum Gasteiger partial charge on any atom is 0.206 e. The maximum atomic E-state index is 12.5. The molecule has 0 bridgehead atoms. The molecule has 4 heteroatoms. The van der Waals surface area contributed by atoms with Crippen LogP contribution in [0.15, 0.2) is 58.3 Å². The van der Waals surface area contributed by atoms with E-state index in [4.69, 9.17) is 11.6 Å². The van der Waals surface area contributed by atoms with Gasteiger partial charge in [-0.05, 0) is 47.4 Å². The molecular weight excluding hydrogens is 292 g/mol. The Hall–Kier alpha value is -1.32. The van der Waals surface area contributed by atoms with Crippen molar-refractivity contribution < 1.29 is 8.42 Å². The predicted octanol–water partition coefficient (Wildman–Crippen LogP) is 4.47. The molecule has 2 aromatic rings. The highest BCUT2D eigenvalue weighted by Crippen LogP contribution is 2.26. The molecule has 0 saturated heterocycles. The van der Waals surface area contributed by atoms with Crippen LogP contribution in [0.2, 0.25) is 5.02 Å². The fourth-order valence-electron chi connectivity index (χ4n) is 1.88. The van der Waals surface area contributed by atoms with Crippen LogP contribution in [-0.4, -0.2) is 8.42 Å². The third-order valence-electron chi connectivity index (χ3n) is 3.15. The number of sulfone groups is 1. The van der Waals surface area contributed by atoms with Crippen molar-refractivity contribution in [3.05, 3.63) is 59.1 Å². The Morgan fingerprint density at radius 2 is 1.20 bits per heavy atom. The number of hydrogen-bond acceptors (Lipinski definition) is 2. The molecule has 0 saturated carbocycles. The van der Waals surface area contributed by atoms with Gasteiger partial charge < -0.3 is 0 Å². The standard InChI is InChI=1S/C16H17ClO2S/c1-16(2,3)12-4-8-14(9-5-12)20(18,19)15-10-6-13(17)7-11-15/h4-11H,1-3H3. The van der Waals surface area contributed by atoms with Gasteiger partial charge in [0.05, 0.1) is 9.79 Å². The first kappa shape index (κ1) is 15.1. The molecule has 2 aromatic carbocycles. The van der Waals surface area contributed by atoms with Crippen LogP contribution in [0.25, 0.3) is 0 Å². The van der Waals surface area contributed by atoms with Gasteiger partial charge in [0.1, 0.15) is 0 Å². The first-order chi connectivity index (χ1) is 9.21. The lowest BCUT2D eigenvalue weighted by molar-refractivity contribution is 0.586. The van der Waals surface area contributed by atoms with Gasteiger partial charge in [0.15, 0.2) is 0 Å². The molecule has 0 unspecified atom stereocenters. The van der Waals surface area contributed by atoms with Crippen LogP contribution in [-0.2, 0) is 15.3 Å². The highest BCUT2D eigenvalue weighted by Gasteiger charge is 2.19. The second-order valence-electron chi connectivity index (χ2n) is 5.73. The summed E-state index contributed by atoms with van der Waals surface area (Å²) in [4.78, 5) is 0.554. The van der Waals surface area contributed by atoms with Gasteiger partial charge in [0.2, 0.25) is 9.84 Å². The molecule has 0 aliphatic carbocycles. The molecule has 106 valence electrons. The van der Waals surface area contributed by atoms with Crippen LogP contribution < -0.4 is 0 Å². The summed E-state index contributed by atoms with van der Waals surface area (Å²) in [5, 5.41) is 0.520. The van der Waals surface area contributed by atoms with Crippen molar-refractivity contribution in [3.63, 3.8) is 0 Å². The average Bonchev–Trinajstić information content (AvgIpc) is 2.38. The molecule has 20 heavy (non-hydrogen) atoms. The van der Waals surface area contributed by atoms with Crippen LogP contribution >= 0.6 is 11.6 Å². The quantitative estimate of drug-likeness (QED) is 0.820. The third-order valence-corrected chi connectivity index (χ3v) is 5.19. The smallest absolute Gasteiger partial charge is 0.206 e. The largest absolute Gasteiger partial charge is 0.219 e. The molecule has 2 nitrogen and oxygen atoms in total. The summed E-state index contributed by atoms with van der Waals surface area (Å²) in [7, 11) is -3.48. The van der Waals surface area contributed by atoms with Crippen LogP contribution in [0.1, 0.15) is 26.3 Å². The van der Waals surface area contributed by atoms with E-state index in [2.05, 4.69) is 20.8 Å². The minimum atomic E-state index is -3.48. The van der Waals surface area contributed by atoms with Crippen LogP contribution in [0.5, 0.6) is 0 Å². The predicted molar refractivity (Wildman–Crippen MR) is 82.0 cm³/mol. The van der Waals surface area contributed by atoms with E-state index in [0.717, 1.165) is 5.56 Å². The van der Waals surface area contributed by atoms with Crippen LogP contribution in [0.3, 0.4) is 0 Å². The van der Waals surface area contributed by atoms with Crippen molar-refractivity contribution in [1.82, 2.24) is 0 Å². The van der Waals surface area contributed by atoms with Crippen molar-refractivity contribution in [2.45, 2.75) is 36.0 Å². The van der Waals surface area contributed by atoms with E-state index < -0.39 is 9.84 Å². The van der Waals surface area contributed by atoms with Gasteiger partial charge in [-0.2, -0.15) is 0 Å². The first-order valence-electron chi connectivity index (χ1n) is 6.32. The fraction of sp³-hybridized carbons (Fsp3) is 0.250. The van der Waals surface area contributed by atoms with E-state index in [1.807, 2.05) is 12.1 Å². The molecule has 0 heterocycles. The second kappa shape index (κ2) is 5.23. The highest BCUT2D eigenvalue weighted by atomic mass is 35.5. The number of benzene rings is 2. The summed E-state index contributed by atoms with van der Waals surface area (Å²) in [6.07, 6.45) is 0. The van der Waals surface area contributed by atoms with E-state index >= 15 is 0 Å². The molecule has 0 radical (unpaired) electrons. The van der Waals surface area contributed by atoms with E-state index in [1.54, 1.807) is 24.3 Å². The molecule has 0 amide bonds. The number of rotatable bonds is 2. The Balaban J connectivity index is 2.42. The Labute approximate surface area is 125 Å². The molecular formula is C16H17ClO2S. The normalized spacial score (nSPS) is 12.4. The lowest BCUT2D eigenvalue weighted by atomic mass is 9.87. The van der Waals surface area contributed by atoms with Gasteiger partial charge in [0, 0.05) is 5.02 Å². The summed E-state index contributed by atoms with van der Waals surface area (Å²) >= 11 is 5.78. The van der Waals surface area contributed by atoms with Crippen molar-refractivity contribution in [3.8, 4) is 0 Å². The summed E-state index contributed by atoms with van der Waals surface area (Å²) in [5.74, 6) is 0. The van der Waals surface area contributed by atoms with E-state index in [0.29, 0.717) is 9.92 Å². The summed E-state index contributed by atoms with van der Waals surface area (Å²) in [5.41, 5.74) is 1.11. The zero-order valence-electron chi connectivity index (χ0n) is 11.7. The average molecular weight is 309 g/mol. The second-order valence-corrected chi connectivity index (χ2v) is 8.12. The zero-order chi connectivity index (χ0) is 15.0. The Kier molecular flexibility index (Phi) is 3.94. The van der Waals surface area contributed by atoms with Crippen molar-refractivity contribution in [2.24, 2.45) is 0 Å². The molecule has 0 N–H and O–H groups in total. The Morgan fingerprint density at radius 3 is 1.60 bits per heavy atom. The SMILES string of the molecule is CC(C)(C)c1ccc(S(=O)(=O)c2ccc(Cl)cc2)cc1. The molecule has 0 spiro atoms.